The van der Waals surface area contributed by atoms with Crippen LogP contribution in [0.1, 0.15) is 11.6 Å². The van der Waals surface area contributed by atoms with E-state index in [0.29, 0.717) is 16.5 Å². The Morgan fingerprint density at radius 1 is 1.24 bits per heavy atom. The summed E-state index contributed by atoms with van der Waals surface area (Å²) in [6.07, 6.45) is 0. The summed E-state index contributed by atoms with van der Waals surface area (Å²) in [4.78, 5) is 0. The van der Waals surface area contributed by atoms with E-state index in [4.69, 9.17) is 9.47 Å². The standard InChI is InChI=1S/C13H17NO2S/c1-14-13-10-4-2-3-5-11(10)16-8-12(13)17-9-6-15-7-9/h2-5,9,12-14H,6-8H2,1H3. The van der Waals surface area contributed by atoms with Crippen molar-refractivity contribution < 1.29 is 9.47 Å². The Bertz CT molecular complexity index is 395. The van der Waals surface area contributed by atoms with Crippen molar-refractivity contribution in [1.82, 2.24) is 5.32 Å². The van der Waals surface area contributed by atoms with Crippen LogP contribution in [0.25, 0.3) is 0 Å². The van der Waals surface area contributed by atoms with Gasteiger partial charge in [-0.3, -0.25) is 0 Å². The van der Waals surface area contributed by atoms with Gasteiger partial charge in [-0.25, -0.2) is 0 Å². The average Bonchev–Trinajstić information content (AvgIpc) is 2.33. The van der Waals surface area contributed by atoms with E-state index in [1.807, 2.05) is 30.9 Å². The van der Waals surface area contributed by atoms with Crippen molar-refractivity contribution in [2.75, 3.05) is 26.9 Å². The van der Waals surface area contributed by atoms with E-state index in [1.165, 1.54) is 5.56 Å². The molecule has 3 nitrogen and oxygen atoms in total. The van der Waals surface area contributed by atoms with Gasteiger partial charge in [0.1, 0.15) is 12.4 Å². The molecule has 0 amide bonds. The van der Waals surface area contributed by atoms with Gasteiger partial charge in [0.05, 0.1) is 29.8 Å². The normalized spacial score (nSPS) is 28.1. The highest BCUT2D eigenvalue weighted by Gasteiger charge is 2.33. The SMILES string of the molecule is CNC1c2ccccc2OCC1SC1COC1. The van der Waals surface area contributed by atoms with E-state index in [9.17, 15) is 0 Å². The molecule has 0 bridgehead atoms. The Morgan fingerprint density at radius 3 is 2.76 bits per heavy atom. The molecule has 3 rings (SSSR count). The fraction of sp³-hybridized carbons (Fsp3) is 0.538. The number of rotatable bonds is 3. The van der Waals surface area contributed by atoms with Crippen LogP contribution in [-0.2, 0) is 4.74 Å². The molecule has 2 aliphatic rings. The maximum atomic E-state index is 5.84. The Kier molecular flexibility index (Phi) is 3.27. The highest BCUT2D eigenvalue weighted by atomic mass is 32.2. The molecular formula is C13H17NO2S. The molecule has 17 heavy (non-hydrogen) atoms. The summed E-state index contributed by atoms with van der Waals surface area (Å²) in [6.45, 7) is 2.56. The molecular weight excluding hydrogens is 234 g/mol. The van der Waals surface area contributed by atoms with E-state index in [2.05, 4.69) is 17.4 Å². The lowest BCUT2D eigenvalue weighted by Gasteiger charge is -2.37. The fourth-order valence-corrected chi connectivity index (χ4v) is 3.77. The molecule has 2 unspecified atom stereocenters. The zero-order valence-corrected chi connectivity index (χ0v) is 10.7. The fourth-order valence-electron chi connectivity index (χ4n) is 2.34. The number of ether oxygens (including phenoxy) is 2. The molecule has 2 aliphatic heterocycles. The second-order valence-electron chi connectivity index (χ2n) is 4.45. The lowest BCUT2D eigenvalue weighted by molar-refractivity contribution is 0.0449. The smallest absolute Gasteiger partial charge is 0.124 e. The van der Waals surface area contributed by atoms with Crippen LogP contribution in [0, 0.1) is 0 Å². The van der Waals surface area contributed by atoms with Crippen molar-refractivity contribution in [3.05, 3.63) is 29.8 Å². The summed E-state index contributed by atoms with van der Waals surface area (Å²) in [7, 11) is 2.03. The highest BCUT2D eigenvalue weighted by molar-refractivity contribution is 8.00. The molecule has 0 aliphatic carbocycles. The largest absolute Gasteiger partial charge is 0.492 e. The molecule has 1 saturated heterocycles. The van der Waals surface area contributed by atoms with Crippen molar-refractivity contribution in [1.29, 1.82) is 0 Å². The maximum absolute atomic E-state index is 5.84. The van der Waals surface area contributed by atoms with Crippen molar-refractivity contribution in [2.24, 2.45) is 0 Å². The third-order valence-corrected chi connectivity index (χ3v) is 4.73. The molecule has 1 fully saturated rings. The van der Waals surface area contributed by atoms with Crippen LogP contribution < -0.4 is 10.1 Å². The van der Waals surface area contributed by atoms with Crippen molar-refractivity contribution in [3.8, 4) is 5.75 Å². The number of hydrogen-bond acceptors (Lipinski definition) is 4. The third kappa shape index (κ3) is 2.17. The van der Waals surface area contributed by atoms with Crippen molar-refractivity contribution in [2.45, 2.75) is 16.5 Å². The van der Waals surface area contributed by atoms with Crippen LogP contribution in [0.3, 0.4) is 0 Å². The first kappa shape index (κ1) is 11.4. The molecule has 0 radical (unpaired) electrons. The number of para-hydroxylation sites is 1. The monoisotopic (exact) mass is 251 g/mol. The van der Waals surface area contributed by atoms with Gasteiger partial charge < -0.3 is 14.8 Å². The second kappa shape index (κ2) is 4.88. The summed E-state index contributed by atoms with van der Waals surface area (Å²) in [5, 5.41) is 4.54. The number of hydrogen-bond donors (Lipinski definition) is 1. The van der Waals surface area contributed by atoms with E-state index >= 15 is 0 Å². The summed E-state index contributed by atoms with van der Waals surface area (Å²) in [5.74, 6) is 1.02. The van der Waals surface area contributed by atoms with Gasteiger partial charge in [0.25, 0.3) is 0 Å². The molecule has 1 N–H and O–H groups in total. The Balaban J connectivity index is 1.78. The van der Waals surface area contributed by atoms with E-state index in [-0.39, 0.29) is 0 Å². The molecule has 0 aromatic heterocycles. The number of fused-ring (bicyclic) bond motifs is 1. The summed E-state index contributed by atoms with van der Waals surface area (Å²) in [6, 6.07) is 8.68. The number of thioether (sulfide) groups is 1. The lowest BCUT2D eigenvalue weighted by Crippen LogP contribution is -2.40. The first-order valence-electron chi connectivity index (χ1n) is 6.00. The van der Waals surface area contributed by atoms with Gasteiger partial charge in [0.15, 0.2) is 0 Å². The first-order valence-corrected chi connectivity index (χ1v) is 6.95. The highest BCUT2D eigenvalue weighted by Crippen LogP contribution is 2.39. The van der Waals surface area contributed by atoms with E-state index in [1.54, 1.807) is 0 Å². The second-order valence-corrected chi connectivity index (χ2v) is 5.99. The Morgan fingerprint density at radius 2 is 2.06 bits per heavy atom. The molecule has 0 saturated carbocycles. The summed E-state index contributed by atoms with van der Waals surface area (Å²) in [5.41, 5.74) is 1.28. The molecule has 1 aromatic rings. The van der Waals surface area contributed by atoms with Crippen LogP contribution in [-0.4, -0.2) is 37.4 Å². The number of benzene rings is 1. The minimum atomic E-state index is 0.380. The van der Waals surface area contributed by atoms with Crippen LogP contribution in [0.5, 0.6) is 5.75 Å². The minimum absolute atomic E-state index is 0.380. The van der Waals surface area contributed by atoms with Gasteiger partial charge >= 0.3 is 0 Å². The number of nitrogens with one attached hydrogen (secondary N) is 1. The van der Waals surface area contributed by atoms with Gasteiger partial charge in [-0.1, -0.05) is 18.2 Å². The van der Waals surface area contributed by atoms with Gasteiger partial charge in [-0.15, -0.1) is 11.8 Å². The zero-order valence-electron chi connectivity index (χ0n) is 9.89. The molecule has 0 spiro atoms. The zero-order chi connectivity index (χ0) is 11.7. The summed E-state index contributed by atoms with van der Waals surface area (Å²) < 4.78 is 11.1. The van der Waals surface area contributed by atoms with Gasteiger partial charge in [-0.05, 0) is 13.1 Å². The van der Waals surface area contributed by atoms with Crippen LogP contribution in [0.4, 0.5) is 0 Å². The van der Waals surface area contributed by atoms with Gasteiger partial charge in [0, 0.05) is 5.56 Å². The van der Waals surface area contributed by atoms with Gasteiger partial charge in [-0.2, -0.15) is 0 Å². The van der Waals surface area contributed by atoms with Crippen LogP contribution in [0.2, 0.25) is 0 Å². The lowest BCUT2D eigenvalue weighted by atomic mass is 10.0. The predicted octanol–water partition coefficient (Wildman–Crippen LogP) is 1.84. The molecule has 92 valence electrons. The quantitative estimate of drug-likeness (QED) is 0.888. The van der Waals surface area contributed by atoms with Gasteiger partial charge in [0.2, 0.25) is 0 Å². The Labute approximate surface area is 106 Å². The average molecular weight is 251 g/mol. The predicted molar refractivity (Wildman–Crippen MR) is 69.7 cm³/mol. The molecule has 2 atom stereocenters. The minimum Gasteiger partial charge on any atom is -0.492 e. The first-order chi connectivity index (χ1) is 8.38. The van der Waals surface area contributed by atoms with E-state index in [0.717, 1.165) is 25.6 Å². The molecule has 1 aromatic carbocycles. The molecule has 4 heteroatoms. The van der Waals surface area contributed by atoms with Crippen LogP contribution >= 0.6 is 11.8 Å². The topological polar surface area (TPSA) is 30.5 Å². The van der Waals surface area contributed by atoms with Crippen molar-refractivity contribution >= 4 is 11.8 Å². The van der Waals surface area contributed by atoms with Crippen LogP contribution in [0.15, 0.2) is 24.3 Å². The van der Waals surface area contributed by atoms with E-state index < -0.39 is 0 Å². The third-order valence-electron chi connectivity index (χ3n) is 3.31. The maximum Gasteiger partial charge on any atom is 0.124 e. The molecule has 2 heterocycles. The summed E-state index contributed by atoms with van der Waals surface area (Å²) >= 11 is 1.99. The Hall–Kier alpha value is -0.710. The van der Waals surface area contributed by atoms with Crippen molar-refractivity contribution in [3.63, 3.8) is 0 Å².